The van der Waals surface area contributed by atoms with Crippen LogP contribution >= 0.6 is 11.6 Å². The molecular weight excluding hydrogens is 400 g/mol. The first-order valence-electron chi connectivity index (χ1n) is 9.61. The lowest BCUT2D eigenvalue weighted by atomic mass is 10.2. The van der Waals surface area contributed by atoms with Crippen LogP contribution in [0, 0.1) is 0 Å². The second-order valence-electron chi connectivity index (χ2n) is 6.65. The number of aromatic hydroxyl groups is 1. The number of halogens is 1. The van der Waals surface area contributed by atoms with Crippen molar-refractivity contribution in [2.75, 3.05) is 6.61 Å². The van der Waals surface area contributed by atoms with Crippen molar-refractivity contribution in [2.45, 2.75) is 13.5 Å². The van der Waals surface area contributed by atoms with Gasteiger partial charge >= 0.3 is 0 Å². The Kier molecular flexibility index (Phi) is 6.02. The Bertz CT molecular complexity index is 1100. The normalized spacial score (nSPS) is 10.9. The molecule has 1 heterocycles. The van der Waals surface area contributed by atoms with E-state index in [2.05, 4.69) is 0 Å². The number of imidazole rings is 1. The van der Waals surface area contributed by atoms with E-state index in [1.165, 1.54) is 0 Å². The van der Waals surface area contributed by atoms with Crippen molar-refractivity contribution < 1.29 is 14.6 Å². The first-order valence-corrected chi connectivity index (χ1v) is 9.99. The molecule has 3 aromatic carbocycles. The summed E-state index contributed by atoms with van der Waals surface area (Å²) >= 11 is 5.92. The third-order valence-electron chi connectivity index (χ3n) is 4.54. The number of ether oxygens (including phenoxy) is 2. The molecule has 0 unspecified atom stereocenters. The van der Waals surface area contributed by atoms with Crippen molar-refractivity contribution in [3.05, 3.63) is 89.8 Å². The standard InChI is InChI=1S/C24H21ClN2O3/c1-2-29-16-24-26-23(17-3-9-20(28)10-4-17)15-27(24)19-7-13-22(14-8-19)30-21-11-5-18(25)6-12-21/h3-15,28H,2,16H2,1H3. The van der Waals surface area contributed by atoms with Gasteiger partial charge in [-0.3, -0.25) is 0 Å². The summed E-state index contributed by atoms with van der Waals surface area (Å²) in [7, 11) is 0. The molecule has 0 saturated heterocycles. The van der Waals surface area contributed by atoms with Crippen LogP contribution in [0.5, 0.6) is 17.2 Å². The molecule has 0 saturated carbocycles. The fraction of sp³-hybridized carbons (Fsp3) is 0.125. The van der Waals surface area contributed by atoms with Crippen molar-refractivity contribution >= 4 is 11.6 Å². The van der Waals surface area contributed by atoms with E-state index in [1.54, 1.807) is 24.3 Å². The van der Waals surface area contributed by atoms with Gasteiger partial charge in [-0.05, 0) is 79.7 Å². The first kappa shape index (κ1) is 20.0. The molecule has 4 aromatic rings. The molecule has 4 rings (SSSR count). The highest BCUT2D eigenvalue weighted by Crippen LogP contribution is 2.27. The zero-order valence-electron chi connectivity index (χ0n) is 16.5. The number of rotatable bonds is 7. The molecule has 1 aromatic heterocycles. The van der Waals surface area contributed by atoms with Crippen LogP contribution in [0.15, 0.2) is 79.0 Å². The van der Waals surface area contributed by atoms with Gasteiger partial charge in [-0.1, -0.05) is 11.6 Å². The van der Waals surface area contributed by atoms with Gasteiger partial charge in [0.05, 0.1) is 5.69 Å². The molecule has 0 aliphatic carbocycles. The molecule has 0 spiro atoms. The van der Waals surface area contributed by atoms with E-state index in [9.17, 15) is 5.11 Å². The van der Waals surface area contributed by atoms with Gasteiger partial charge in [0, 0.05) is 29.1 Å². The number of aromatic nitrogens is 2. The predicted molar refractivity (Wildman–Crippen MR) is 118 cm³/mol. The van der Waals surface area contributed by atoms with Gasteiger partial charge in [0.2, 0.25) is 0 Å². The van der Waals surface area contributed by atoms with Gasteiger partial charge in [0.25, 0.3) is 0 Å². The maximum Gasteiger partial charge on any atom is 0.140 e. The van der Waals surface area contributed by atoms with Crippen molar-refractivity contribution in [3.63, 3.8) is 0 Å². The fourth-order valence-electron chi connectivity index (χ4n) is 3.02. The van der Waals surface area contributed by atoms with Gasteiger partial charge in [-0.25, -0.2) is 4.98 Å². The van der Waals surface area contributed by atoms with Crippen LogP contribution in [0.4, 0.5) is 0 Å². The maximum absolute atomic E-state index is 9.54. The minimum absolute atomic E-state index is 0.226. The number of hydrogen-bond donors (Lipinski definition) is 1. The Labute approximate surface area is 180 Å². The van der Waals surface area contributed by atoms with Crippen LogP contribution in [0.25, 0.3) is 16.9 Å². The van der Waals surface area contributed by atoms with Crippen LogP contribution < -0.4 is 4.74 Å². The van der Waals surface area contributed by atoms with Crippen molar-refractivity contribution in [2.24, 2.45) is 0 Å². The second kappa shape index (κ2) is 9.03. The summed E-state index contributed by atoms with van der Waals surface area (Å²) in [6, 6.07) is 22.0. The van der Waals surface area contributed by atoms with E-state index in [1.807, 2.05) is 66.2 Å². The van der Waals surface area contributed by atoms with E-state index < -0.39 is 0 Å². The lowest BCUT2D eigenvalue weighted by Crippen LogP contribution is -2.03. The maximum atomic E-state index is 9.54. The van der Waals surface area contributed by atoms with E-state index in [4.69, 9.17) is 26.1 Å². The molecule has 0 amide bonds. The topological polar surface area (TPSA) is 56.5 Å². The third kappa shape index (κ3) is 4.64. The molecule has 0 aliphatic rings. The molecule has 0 aliphatic heterocycles. The van der Waals surface area contributed by atoms with E-state index >= 15 is 0 Å². The van der Waals surface area contributed by atoms with Crippen molar-refractivity contribution in [1.82, 2.24) is 9.55 Å². The molecule has 6 heteroatoms. The molecular formula is C24H21ClN2O3. The first-order chi connectivity index (χ1) is 14.6. The monoisotopic (exact) mass is 420 g/mol. The predicted octanol–water partition coefficient (Wildman–Crippen LogP) is 6.23. The Hall–Kier alpha value is -3.28. The lowest BCUT2D eigenvalue weighted by molar-refractivity contribution is 0.127. The van der Waals surface area contributed by atoms with Crippen molar-refractivity contribution in [3.8, 4) is 34.2 Å². The fourth-order valence-corrected chi connectivity index (χ4v) is 3.15. The SMILES string of the molecule is CCOCc1nc(-c2ccc(O)cc2)cn1-c1ccc(Oc2ccc(Cl)cc2)cc1. The van der Waals surface area contributed by atoms with E-state index in [0.717, 1.165) is 34.3 Å². The van der Waals surface area contributed by atoms with Crippen LogP contribution in [-0.4, -0.2) is 21.3 Å². The van der Waals surface area contributed by atoms with Gasteiger partial charge < -0.3 is 19.1 Å². The van der Waals surface area contributed by atoms with Gasteiger partial charge in [0.15, 0.2) is 0 Å². The Morgan fingerprint density at radius 1 is 0.900 bits per heavy atom. The quantitative estimate of drug-likeness (QED) is 0.385. The van der Waals surface area contributed by atoms with Crippen molar-refractivity contribution in [1.29, 1.82) is 0 Å². The molecule has 30 heavy (non-hydrogen) atoms. The van der Waals surface area contributed by atoms with E-state index in [-0.39, 0.29) is 5.75 Å². The van der Waals surface area contributed by atoms with Gasteiger partial charge in [0.1, 0.15) is 29.7 Å². The summed E-state index contributed by atoms with van der Waals surface area (Å²) < 4.78 is 13.5. The summed E-state index contributed by atoms with van der Waals surface area (Å²) in [6.45, 7) is 2.96. The average molecular weight is 421 g/mol. The smallest absolute Gasteiger partial charge is 0.140 e. The zero-order valence-corrected chi connectivity index (χ0v) is 17.2. The van der Waals surface area contributed by atoms with Crippen LogP contribution in [0.2, 0.25) is 5.02 Å². The van der Waals surface area contributed by atoms with Crippen LogP contribution in [0.3, 0.4) is 0 Å². The number of phenols is 1. The minimum Gasteiger partial charge on any atom is -0.508 e. The molecule has 5 nitrogen and oxygen atoms in total. The summed E-state index contributed by atoms with van der Waals surface area (Å²) in [6.07, 6.45) is 1.97. The Balaban J connectivity index is 1.61. The summed E-state index contributed by atoms with van der Waals surface area (Å²) in [5, 5.41) is 10.2. The largest absolute Gasteiger partial charge is 0.508 e. The molecule has 1 N–H and O–H groups in total. The molecule has 0 atom stereocenters. The minimum atomic E-state index is 0.226. The Morgan fingerprint density at radius 2 is 1.53 bits per heavy atom. The Morgan fingerprint density at radius 3 is 2.17 bits per heavy atom. The zero-order chi connectivity index (χ0) is 20.9. The highest BCUT2D eigenvalue weighted by molar-refractivity contribution is 6.30. The average Bonchev–Trinajstić information content (AvgIpc) is 3.19. The number of benzene rings is 3. The molecule has 0 fully saturated rings. The highest BCUT2D eigenvalue weighted by Gasteiger charge is 2.12. The summed E-state index contributed by atoms with van der Waals surface area (Å²) in [5.74, 6) is 2.48. The van der Waals surface area contributed by atoms with Gasteiger partial charge in [-0.2, -0.15) is 0 Å². The second-order valence-corrected chi connectivity index (χ2v) is 7.08. The molecule has 0 radical (unpaired) electrons. The lowest BCUT2D eigenvalue weighted by Gasteiger charge is -2.10. The molecule has 152 valence electrons. The number of nitrogens with zero attached hydrogens (tertiary/aromatic N) is 2. The third-order valence-corrected chi connectivity index (χ3v) is 4.79. The number of hydrogen-bond acceptors (Lipinski definition) is 4. The number of phenolic OH excluding ortho intramolecular Hbond substituents is 1. The van der Waals surface area contributed by atoms with Crippen LogP contribution in [-0.2, 0) is 11.3 Å². The summed E-state index contributed by atoms with van der Waals surface area (Å²) in [5.41, 5.74) is 2.68. The van der Waals surface area contributed by atoms with E-state index in [0.29, 0.717) is 18.2 Å². The molecule has 0 bridgehead atoms. The van der Waals surface area contributed by atoms with Crippen LogP contribution in [0.1, 0.15) is 12.7 Å². The summed E-state index contributed by atoms with van der Waals surface area (Å²) in [4.78, 5) is 4.74. The van der Waals surface area contributed by atoms with Gasteiger partial charge in [-0.15, -0.1) is 0 Å². The highest BCUT2D eigenvalue weighted by atomic mass is 35.5.